The van der Waals surface area contributed by atoms with Crippen LogP contribution < -0.4 is 15.1 Å². The van der Waals surface area contributed by atoms with E-state index in [0.29, 0.717) is 6.04 Å². The molecule has 1 saturated heterocycles. The number of carbonyl (C=O) groups excluding carboxylic acids is 1. The average Bonchev–Trinajstić information content (AvgIpc) is 3.17. The van der Waals surface area contributed by atoms with E-state index in [1.165, 1.54) is 37.8 Å². The molecule has 2 aliphatic heterocycles. The lowest BCUT2D eigenvalue weighted by atomic mass is 9.93. The van der Waals surface area contributed by atoms with Crippen LogP contribution in [-0.2, 0) is 0 Å². The monoisotopic (exact) mass is 384 g/mol. The Morgan fingerprint density at radius 1 is 0.964 bits per heavy atom. The molecule has 1 N–H and O–H groups in total. The Hall–Kier alpha value is -1.75. The lowest BCUT2D eigenvalue weighted by Gasteiger charge is -2.43. The summed E-state index contributed by atoms with van der Waals surface area (Å²) in [5.41, 5.74) is 2.47. The van der Waals surface area contributed by atoms with Gasteiger partial charge in [0.25, 0.3) is 0 Å². The highest BCUT2D eigenvalue weighted by Crippen LogP contribution is 2.37. The molecule has 0 unspecified atom stereocenters. The number of rotatable bonds is 2. The van der Waals surface area contributed by atoms with Crippen molar-refractivity contribution in [1.29, 1.82) is 0 Å². The standard InChI is InChI=1S/C23H36N4O/c1-23(2,3)25-14-13-18(17-25)24-22(28)27-16-15-26(19-9-5-4-6-10-19)20-11-7-8-12-21(20)27/h7-8,11-12,18-19H,4-6,9-10,13-17H2,1-3H3,(H,24,28)/t18-/m1/s1. The van der Waals surface area contributed by atoms with E-state index >= 15 is 0 Å². The minimum absolute atomic E-state index is 0.0662. The fourth-order valence-corrected chi connectivity index (χ4v) is 5.11. The fourth-order valence-electron chi connectivity index (χ4n) is 5.11. The summed E-state index contributed by atoms with van der Waals surface area (Å²) in [7, 11) is 0. The van der Waals surface area contributed by atoms with E-state index in [1.54, 1.807) is 0 Å². The highest BCUT2D eigenvalue weighted by molar-refractivity contribution is 5.97. The zero-order chi connectivity index (χ0) is 19.7. The second-order valence-corrected chi connectivity index (χ2v) is 9.68. The molecule has 1 aromatic rings. The van der Waals surface area contributed by atoms with Gasteiger partial charge in [-0.05, 0) is 52.2 Å². The molecule has 1 aliphatic carbocycles. The van der Waals surface area contributed by atoms with Gasteiger partial charge in [0.05, 0.1) is 11.4 Å². The molecule has 1 saturated carbocycles. The summed E-state index contributed by atoms with van der Waals surface area (Å²) < 4.78 is 0. The molecule has 3 aliphatic rings. The highest BCUT2D eigenvalue weighted by atomic mass is 16.2. The van der Waals surface area contributed by atoms with Crippen LogP contribution in [-0.4, -0.2) is 54.7 Å². The molecule has 2 fully saturated rings. The van der Waals surface area contributed by atoms with Crippen molar-refractivity contribution in [3.8, 4) is 0 Å². The molecule has 5 heteroatoms. The van der Waals surface area contributed by atoms with E-state index in [-0.39, 0.29) is 17.6 Å². The zero-order valence-corrected chi connectivity index (χ0v) is 17.8. The smallest absolute Gasteiger partial charge is 0.322 e. The van der Waals surface area contributed by atoms with Crippen LogP contribution in [0, 0.1) is 0 Å². The van der Waals surface area contributed by atoms with Crippen molar-refractivity contribution in [2.75, 3.05) is 36.0 Å². The molecule has 154 valence electrons. The Kier molecular flexibility index (Phi) is 5.55. The number of hydrogen-bond acceptors (Lipinski definition) is 3. The summed E-state index contributed by atoms with van der Waals surface area (Å²) in [6.45, 7) is 10.5. The molecule has 2 amide bonds. The number of para-hydroxylation sites is 2. The molecule has 0 radical (unpaired) electrons. The Bertz CT molecular complexity index is 692. The van der Waals surface area contributed by atoms with Crippen molar-refractivity contribution in [2.24, 2.45) is 0 Å². The van der Waals surface area contributed by atoms with Crippen LogP contribution in [0.15, 0.2) is 24.3 Å². The van der Waals surface area contributed by atoms with Crippen LogP contribution in [0.4, 0.5) is 16.2 Å². The maximum absolute atomic E-state index is 13.1. The van der Waals surface area contributed by atoms with Crippen LogP contribution in [0.5, 0.6) is 0 Å². The number of nitrogens with zero attached hydrogens (tertiary/aromatic N) is 3. The lowest BCUT2D eigenvalue weighted by Crippen LogP contribution is -2.53. The first kappa shape index (κ1) is 19.6. The first-order valence-corrected chi connectivity index (χ1v) is 11.1. The summed E-state index contributed by atoms with van der Waals surface area (Å²) in [5.74, 6) is 0. The predicted octanol–water partition coefficient (Wildman–Crippen LogP) is 4.23. The first-order chi connectivity index (χ1) is 13.4. The topological polar surface area (TPSA) is 38.8 Å². The molecule has 1 atom stereocenters. The molecular formula is C23H36N4O. The second-order valence-electron chi connectivity index (χ2n) is 9.68. The maximum atomic E-state index is 13.1. The van der Waals surface area contributed by atoms with Crippen molar-refractivity contribution < 1.29 is 4.79 Å². The summed E-state index contributed by atoms with van der Waals surface area (Å²) in [6.07, 6.45) is 7.63. The van der Waals surface area contributed by atoms with Crippen LogP contribution in [0.2, 0.25) is 0 Å². The van der Waals surface area contributed by atoms with Gasteiger partial charge < -0.3 is 10.2 Å². The Morgan fingerprint density at radius 3 is 2.36 bits per heavy atom. The Morgan fingerprint density at radius 2 is 1.68 bits per heavy atom. The normalized spacial score (nSPS) is 24.3. The predicted molar refractivity (Wildman–Crippen MR) is 116 cm³/mol. The summed E-state index contributed by atoms with van der Waals surface area (Å²) in [6, 6.07) is 9.41. The number of carbonyl (C=O) groups is 1. The summed E-state index contributed by atoms with van der Waals surface area (Å²) in [4.78, 5) is 20.1. The van der Waals surface area contributed by atoms with Gasteiger partial charge in [0.2, 0.25) is 0 Å². The van der Waals surface area contributed by atoms with Crippen molar-refractivity contribution in [1.82, 2.24) is 10.2 Å². The molecule has 4 rings (SSSR count). The molecular weight excluding hydrogens is 348 g/mol. The molecule has 0 spiro atoms. The third-order valence-electron chi connectivity index (χ3n) is 6.77. The number of benzene rings is 1. The third-order valence-corrected chi connectivity index (χ3v) is 6.77. The number of urea groups is 1. The number of likely N-dealkylation sites (tertiary alicyclic amines) is 1. The minimum atomic E-state index is 0.0662. The van der Waals surface area contributed by atoms with Gasteiger partial charge in [0.15, 0.2) is 0 Å². The molecule has 1 aromatic carbocycles. The van der Waals surface area contributed by atoms with Crippen LogP contribution in [0.25, 0.3) is 0 Å². The molecule has 5 nitrogen and oxygen atoms in total. The van der Waals surface area contributed by atoms with Gasteiger partial charge in [-0.1, -0.05) is 31.4 Å². The second kappa shape index (κ2) is 7.94. The van der Waals surface area contributed by atoms with Crippen molar-refractivity contribution in [2.45, 2.75) is 76.9 Å². The molecule has 2 heterocycles. The first-order valence-electron chi connectivity index (χ1n) is 11.1. The maximum Gasteiger partial charge on any atom is 0.322 e. The minimum Gasteiger partial charge on any atom is -0.365 e. The molecule has 28 heavy (non-hydrogen) atoms. The zero-order valence-electron chi connectivity index (χ0n) is 17.8. The van der Waals surface area contributed by atoms with Crippen molar-refractivity contribution in [3.05, 3.63) is 24.3 Å². The molecule has 0 aromatic heterocycles. The number of fused-ring (bicyclic) bond motifs is 1. The lowest BCUT2D eigenvalue weighted by molar-refractivity contribution is 0.170. The van der Waals surface area contributed by atoms with Gasteiger partial charge in [-0.25, -0.2) is 4.79 Å². The third kappa shape index (κ3) is 4.00. The number of anilines is 2. The van der Waals surface area contributed by atoms with Gasteiger partial charge in [-0.15, -0.1) is 0 Å². The van der Waals surface area contributed by atoms with Crippen LogP contribution >= 0.6 is 0 Å². The van der Waals surface area contributed by atoms with E-state index < -0.39 is 0 Å². The molecule has 0 bridgehead atoms. The van der Waals surface area contributed by atoms with Crippen LogP contribution in [0.1, 0.15) is 59.3 Å². The van der Waals surface area contributed by atoms with E-state index in [2.05, 4.69) is 60.2 Å². The van der Waals surface area contributed by atoms with Crippen LogP contribution in [0.3, 0.4) is 0 Å². The highest BCUT2D eigenvalue weighted by Gasteiger charge is 2.34. The van der Waals surface area contributed by atoms with E-state index in [4.69, 9.17) is 0 Å². The summed E-state index contributed by atoms with van der Waals surface area (Å²) in [5, 5.41) is 3.31. The number of amides is 2. The van der Waals surface area contributed by atoms with Crippen molar-refractivity contribution >= 4 is 17.4 Å². The summed E-state index contributed by atoms with van der Waals surface area (Å²) >= 11 is 0. The Balaban J connectivity index is 1.45. The van der Waals surface area contributed by atoms with Gasteiger partial charge in [-0.2, -0.15) is 0 Å². The van der Waals surface area contributed by atoms with Crippen molar-refractivity contribution in [3.63, 3.8) is 0 Å². The largest absolute Gasteiger partial charge is 0.365 e. The Labute approximate surface area is 170 Å². The number of nitrogens with one attached hydrogen (secondary N) is 1. The van der Waals surface area contributed by atoms with Gasteiger partial charge in [-0.3, -0.25) is 9.80 Å². The number of hydrogen-bond donors (Lipinski definition) is 1. The fraction of sp³-hybridized carbons (Fsp3) is 0.696. The van der Waals surface area contributed by atoms with Gasteiger partial charge in [0.1, 0.15) is 0 Å². The van der Waals surface area contributed by atoms with Gasteiger partial charge >= 0.3 is 6.03 Å². The quantitative estimate of drug-likeness (QED) is 0.829. The average molecular weight is 385 g/mol. The SMILES string of the molecule is CC(C)(C)N1CC[C@@H](NC(=O)N2CCN(C3CCCCC3)c3ccccc32)C1. The van der Waals surface area contributed by atoms with E-state index in [1.807, 2.05) is 4.90 Å². The van der Waals surface area contributed by atoms with Gasteiger partial charge in [0, 0.05) is 43.8 Å². The van der Waals surface area contributed by atoms with E-state index in [9.17, 15) is 4.79 Å². The van der Waals surface area contributed by atoms with E-state index in [0.717, 1.165) is 38.3 Å².